The number of aliphatic hydroxyl groups is 5. The van der Waals surface area contributed by atoms with E-state index < -0.39 is 49.5 Å². The summed E-state index contributed by atoms with van der Waals surface area (Å²) < 4.78 is 16.8. The van der Waals surface area contributed by atoms with E-state index in [0.717, 1.165) is 64.2 Å². The monoisotopic (exact) mass is 1300 g/mol. The zero-order valence-corrected chi connectivity index (χ0v) is 60.5. The Labute approximate surface area is 568 Å². The van der Waals surface area contributed by atoms with Crippen molar-refractivity contribution in [2.24, 2.45) is 0 Å². The van der Waals surface area contributed by atoms with Gasteiger partial charge in [0.2, 0.25) is 5.91 Å². The maximum Gasteiger partial charge on any atom is 0.305 e. The van der Waals surface area contributed by atoms with Crippen molar-refractivity contribution in [3.05, 3.63) is 36.5 Å². The van der Waals surface area contributed by atoms with Crippen LogP contribution in [0, 0.1) is 0 Å². The number of hydrogen-bond donors (Lipinski definition) is 6. The first-order chi connectivity index (χ1) is 45.2. The summed E-state index contributed by atoms with van der Waals surface area (Å²) in [6, 6.07) is -0.805. The van der Waals surface area contributed by atoms with Gasteiger partial charge in [-0.1, -0.05) is 371 Å². The first kappa shape index (κ1) is 87.9. The minimum Gasteiger partial charge on any atom is -0.466 e. The molecule has 0 aromatic carbocycles. The van der Waals surface area contributed by atoms with Crippen LogP contribution in [0.15, 0.2) is 36.5 Å². The van der Waals surface area contributed by atoms with Crippen molar-refractivity contribution in [2.75, 3.05) is 19.8 Å². The number of rotatable bonds is 72. The highest BCUT2D eigenvalue weighted by atomic mass is 16.7. The summed E-state index contributed by atoms with van der Waals surface area (Å²) in [6.45, 7) is 4.32. The lowest BCUT2D eigenvalue weighted by atomic mass is 9.99. The van der Waals surface area contributed by atoms with Gasteiger partial charge in [-0.25, -0.2) is 0 Å². The maximum absolute atomic E-state index is 13.1. The predicted molar refractivity (Wildman–Crippen MR) is 389 cm³/mol. The average molecular weight is 1300 g/mol. The number of carbonyl (C=O) groups is 2. The highest BCUT2D eigenvalue weighted by molar-refractivity contribution is 5.76. The smallest absolute Gasteiger partial charge is 0.305 e. The van der Waals surface area contributed by atoms with Crippen LogP contribution in [-0.2, 0) is 23.8 Å². The third-order valence-corrected chi connectivity index (χ3v) is 19.2. The molecule has 0 saturated carbocycles. The van der Waals surface area contributed by atoms with Gasteiger partial charge in [0.15, 0.2) is 6.29 Å². The summed E-state index contributed by atoms with van der Waals surface area (Å²) in [4.78, 5) is 25.1. The van der Waals surface area contributed by atoms with E-state index >= 15 is 0 Å². The van der Waals surface area contributed by atoms with Gasteiger partial charge in [-0.2, -0.15) is 0 Å². The second-order valence-corrected chi connectivity index (χ2v) is 28.1. The van der Waals surface area contributed by atoms with E-state index in [1.54, 1.807) is 6.08 Å². The number of esters is 1. The Bertz CT molecular complexity index is 1620. The third kappa shape index (κ3) is 58.1. The summed E-state index contributed by atoms with van der Waals surface area (Å²) in [6.07, 6.45) is 81.9. The van der Waals surface area contributed by atoms with Crippen molar-refractivity contribution in [3.8, 4) is 0 Å². The topological polar surface area (TPSA) is 175 Å². The molecule has 1 saturated heterocycles. The Morgan fingerprint density at radius 3 is 1.14 bits per heavy atom. The number of ether oxygens (including phenoxy) is 3. The normalized spacial score (nSPS) is 17.7. The van der Waals surface area contributed by atoms with Crippen molar-refractivity contribution in [2.45, 2.75) is 448 Å². The van der Waals surface area contributed by atoms with Gasteiger partial charge in [-0.3, -0.25) is 9.59 Å². The van der Waals surface area contributed by atoms with Crippen LogP contribution < -0.4 is 5.32 Å². The molecule has 92 heavy (non-hydrogen) atoms. The quantitative estimate of drug-likeness (QED) is 0.0195. The van der Waals surface area contributed by atoms with E-state index in [2.05, 4.69) is 43.5 Å². The van der Waals surface area contributed by atoms with E-state index in [-0.39, 0.29) is 18.5 Å². The summed E-state index contributed by atoms with van der Waals surface area (Å²) in [5.41, 5.74) is 0. The van der Waals surface area contributed by atoms with Crippen molar-refractivity contribution in [3.63, 3.8) is 0 Å². The Morgan fingerprint density at radius 2 is 0.750 bits per heavy atom. The number of amides is 1. The van der Waals surface area contributed by atoms with Gasteiger partial charge >= 0.3 is 5.97 Å². The molecule has 7 unspecified atom stereocenters. The second kappa shape index (κ2) is 70.2. The summed E-state index contributed by atoms with van der Waals surface area (Å²) in [7, 11) is 0. The van der Waals surface area contributed by atoms with Crippen LogP contribution in [0.2, 0.25) is 0 Å². The zero-order chi connectivity index (χ0) is 66.5. The first-order valence-electron chi connectivity index (χ1n) is 40.3. The van der Waals surface area contributed by atoms with Crippen LogP contribution in [0.5, 0.6) is 0 Å². The molecule has 7 atom stereocenters. The minimum atomic E-state index is -1.57. The van der Waals surface area contributed by atoms with E-state index in [0.29, 0.717) is 19.4 Å². The SMILES string of the molecule is CCC/C=C\C/C=C\CCCCCCCC(=O)OCCCCCCCCCCCCCCCCCCCCCCCCCCCCCCCCCCCCCCCCCC(=O)NC(COC1OC(CO)C(O)C(O)C1O)C(O)/C=C/CCCCCCCCCCCC. The fraction of sp³-hybridized carbons (Fsp3) is 0.901. The van der Waals surface area contributed by atoms with E-state index in [9.17, 15) is 35.1 Å². The van der Waals surface area contributed by atoms with Crippen molar-refractivity contribution >= 4 is 11.9 Å². The molecule has 1 aliphatic rings. The van der Waals surface area contributed by atoms with Crippen molar-refractivity contribution in [1.29, 1.82) is 0 Å². The molecule has 11 heteroatoms. The van der Waals surface area contributed by atoms with Crippen LogP contribution in [0.4, 0.5) is 0 Å². The highest BCUT2D eigenvalue weighted by Crippen LogP contribution is 2.24. The van der Waals surface area contributed by atoms with E-state index in [1.807, 2.05) is 6.08 Å². The highest BCUT2D eigenvalue weighted by Gasteiger charge is 2.44. The Balaban J connectivity index is 1.86. The Morgan fingerprint density at radius 1 is 0.402 bits per heavy atom. The molecular weight excluding hydrogens is 1150 g/mol. The molecule has 1 fully saturated rings. The Kier molecular flexibility index (Phi) is 67.1. The largest absolute Gasteiger partial charge is 0.466 e. The molecule has 542 valence electrons. The Hall–Kier alpha value is -2.12. The fourth-order valence-corrected chi connectivity index (χ4v) is 12.9. The molecule has 6 N–H and O–H groups in total. The van der Waals surface area contributed by atoms with Gasteiger partial charge in [0, 0.05) is 12.8 Å². The molecule has 0 aromatic heterocycles. The van der Waals surface area contributed by atoms with Gasteiger partial charge < -0.3 is 45.1 Å². The molecular formula is C81H153NO10. The van der Waals surface area contributed by atoms with Gasteiger partial charge in [-0.05, 0) is 57.8 Å². The molecule has 0 aliphatic carbocycles. The summed E-state index contributed by atoms with van der Waals surface area (Å²) in [5, 5.41) is 54.5. The molecule has 0 radical (unpaired) electrons. The van der Waals surface area contributed by atoms with Crippen LogP contribution in [-0.4, -0.2) is 100 Å². The molecule has 0 spiro atoms. The van der Waals surface area contributed by atoms with Gasteiger partial charge in [0.1, 0.15) is 24.4 Å². The molecule has 1 aliphatic heterocycles. The predicted octanol–water partition coefficient (Wildman–Crippen LogP) is 21.7. The molecule has 0 aromatic rings. The minimum absolute atomic E-state index is 0.00335. The second-order valence-electron chi connectivity index (χ2n) is 28.1. The number of aliphatic hydroxyl groups excluding tert-OH is 5. The van der Waals surface area contributed by atoms with Crippen LogP contribution in [0.25, 0.3) is 0 Å². The van der Waals surface area contributed by atoms with Gasteiger partial charge in [0.25, 0.3) is 0 Å². The third-order valence-electron chi connectivity index (χ3n) is 19.2. The first-order valence-corrected chi connectivity index (χ1v) is 40.3. The average Bonchev–Trinajstić information content (AvgIpc) is 0.973. The maximum atomic E-state index is 13.1. The number of carbonyl (C=O) groups excluding carboxylic acids is 2. The van der Waals surface area contributed by atoms with E-state index in [1.165, 1.54) is 315 Å². The van der Waals surface area contributed by atoms with Crippen LogP contribution in [0.3, 0.4) is 0 Å². The number of hydrogen-bond acceptors (Lipinski definition) is 10. The fourth-order valence-electron chi connectivity index (χ4n) is 12.9. The lowest BCUT2D eigenvalue weighted by Crippen LogP contribution is -2.60. The molecule has 1 rings (SSSR count). The molecule has 11 nitrogen and oxygen atoms in total. The van der Waals surface area contributed by atoms with Crippen molar-refractivity contribution < 1.29 is 49.3 Å². The lowest BCUT2D eigenvalue weighted by molar-refractivity contribution is -0.302. The molecule has 0 bridgehead atoms. The van der Waals surface area contributed by atoms with Gasteiger partial charge in [0.05, 0.1) is 32.0 Å². The van der Waals surface area contributed by atoms with E-state index in [4.69, 9.17) is 14.2 Å². The number of allylic oxidation sites excluding steroid dienone is 5. The number of unbranched alkanes of at least 4 members (excludes halogenated alkanes) is 54. The van der Waals surface area contributed by atoms with Crippen LogP contribution >= 0.6 is 0 Å². The molecule has 1 heterocycles. The summed E-state index contributed by atoms with van der Waals surface area (Å²) in [5.74, 6) is -0.170. The lowest BCUT2D eigenvalue weighted by Gasteiger charge is -2.40. The van der Waals surface area contributed by atoms with Crippen molar-refractivity contribution in [1.82, 2.24) is 5.32 Å². The standard InChI is InChI=1S/C81H153NO10/c1-3-5-7-9-11-13-15-44-49-53-57-61-65-69-77(86)90-70-66-62-58-54-50-46-43-41-39-37-35-33-31-29-27-25-23-21-19-17-18-20-22-24-26-28-30-32-34-36-38-40-42-45-48-52-56-60-64-68-76(85)82-73(72-91-81-80(89)79(88)78(87)75(71-83)92-81)74(84)67-63-59-55-51-47-16-14-12-10-8-6-4-2/h7,9,13,15,63,67,73-75,78-81,83-84,87-89H,3-6,8,10-12,14,16-62,64-66,68-72H2,1-2H3,(H,82,85)/b9-7-,15-13-,67-63+. The molecule has 1 amide bonds. The number of nitrogens with one attached hydrogen (secondary N) is 1. The zero-order valence-electron chi connectivity index (χ0n) is 60.5. The van der Waals surface area contributed by atoms with Crippen LogP contribution in [0.1, 0.15) is 406 Å². The van der Waals surface area contributed by atoms with Gasteiger partial charge in [-0.15, -0.1) is 0 Å². The summed E-state index contributed by atoms with van der Waals surface area (Å²) >= 11 is 0.